The summed E-state index contributed by atoms with van der Waals surface area (Å²) in [5, 5.41) is 0. The third kappa shape index (κ3) is 3.42. The van der Waals surface area contributed by atoms with Gasteiger partial charge in [-0.2, -0.15) is 0 Å². The summed E-state index contributed by atoms with van der Waals surface area (Å²) < 4.78 is 5.34. The molecule has 0 saturated carbocycles. The zero-order valence-electron chi connectivity index (χ0n) is 9.93. The first-order valence-corrected chi connectivity index (χ1v) is 5.24. The Morgan fingerprint density at radius 3 is 2.38 bits per heavy atom. The number of hydrogen-bond acceptors (Lipinski definition) is 3. The SMILES string of the molecule is CCOc1ccc(/C(C=O)=C/N(C)C)cc1. The van der Waals surface area contributed by atoms with Crippen LogP contribution >= 0.6 is 0 Å². The monoisotopic (exact) mass is 219 g/mol. The van der Waals surface area contributed by atoms with Crippen LogP contribution in [0.5, 0.6) is 5.75 Å². The highest BCUT2D eigenvalue weighted by Gasteiger charge is 2.01. The Morgan fingerprint density at radius 2 is 1.94 bits per heavy atom. The smallest absolute Gasteiger partial charge is 0.152 e. The second kappa shape index (κ2) is 5.95. The van der Waals surface area contributed by atoms with Gasteiger partial charge in [-0.15, -0.1) is 0 Å². The Bertz CT molecular complexity index is 366. The van der Waals surface area contributed by atoms with E-state index in [1.165, 1.54) is 0 Å². The van der Waals surface area contributed by atoms with Gasteiger partial charge < -0.3 is 9.64 Å². The molecule has 1 aromatic rings. The molecule has 16 heavy (non-hydrogen) atoms. The zero-order valence-corrected chi connectivity index (χ0v) is 9.93. The summed E-state index contributed by atoms with van der Waals surface area (Å²) in [4.78, 5) is 12.8. The third-order valence-corrected chi connectivity index (χ3v) is 2.02. The number of nitrogens with zero attached hydrogens (tertiary/aromatic N) is 1. The normalized spacial score (nSPS) is 11.1. The third-order valence-electron chi connectivity index (χ3n) is 2.02. The number of benzene rings is 1. The van der Waals surface area contributed by atoms with E-state index >= 15 is 0 Å². The molecule has 0 fully saturated rings. The fourth-order valence-corrected chi connectivity index (χ4v) is 1.36. The van der Waals surface area contributed by atoms with Gasteiger partial charge >= 0.3 is 0 Å². The fourth-order valence-electron chi connectivity index (χ4n) is 1.36. The van der Waals surface area contributed by atoms with Gasteiger partial charge in [0.2, 0.25) is 0 Å². The Hall–Kier alpha value is -1.77. The van der Waals surface area contributed by atoms with Crippen molar-refractivity contribution in [1.82, 2.24) is 4.90 Å². The van der Waals surface area contributed by atoms with E-state index in [4.69, 9.17) is 4.74 Å². The zero-order chi connectivity index (χ0) is 12.0. The van der Waals surface area contributed by atoms with Crippen LogP contribution in [0.4, 0.5) is 0 Å². The predicted octanol–water partition coefficient (Wildman–Crippen LogP) is 2.19. The van der Waals surface area contributed by atoms with Crippen molar-refractivity contribution in [3.63, 3.8) is 0 Å². The Balaban J connectivity index is 2.91. The van der Waals surface area contributed by atoms with Gasteiger partial charge in [0.15, 0.2) is 6.29 Å². The molecule has 0 aliphatic rings. The molecule has 86 valence electrons. The first-order chi connectivity index (χ1) is 7.67. The van der Waals surface area contributed by atoms with Crippen molar-refractivity contribution in [1.29, 1.82) is 0 Å². The van der Waals surface area contributed by atoms with Gasteiger partial charge in [-0.1, -0.05) is 12.1 Å². The van der Waals surface area contributed by atoms with E-state index in [1.54, 1.807) is 6.20 Å². The summed E-state index contributed by atoms with van der Waals surface area (Å²) in [7, 11) is 3.77. The summed E-state index contributed by atoms with van der Waals surface area (Å²) in [6.45, 7) is 2.59. The molecule has 0 saturated heterocycles. The average molecular weight is 219 g/mol. The molecule has 0 N–H and O–H groups in total. The maximum Gasteiger partial charge on any atom is 0.152 e. The minimum Gasteiger partial charge on any atom is -0.494 e. The van der Waals surface area contributed by atoms with Gasteiger partial charge in [-0.05, 0) is 24.6 Å². The van der Waals surface area contributed by atoms with Crippen molar-refractivity contribution < 1.29 is 9.53 Å². The van der Waals surface area contributed by atoms with E-state index in [2.05, 4.69) is 0 Å². The molecule has 3 nitrogen and oxygen atoms in total. The van der Waals surface area contributed by atoms with Crippen LogP contribution in [-0.4, -0.2) is 31.9 Å². The molecular weight excluding hydrogens is 202 g/mol. The molecule has 1 aromatic carbocycles. The Kier molecular flexibility index (Phi) is 4.58. The van der Waals surface area contributed by atoms with Crippen LogP contribution in [0, 0.1) is 0 Å². The second-order valence-corrected chi connectivity index (χ2v) is 3.62. The lowest BCUT2D eigenvalue weighted by atomic mass is 10.1. The van der Waals surface area contributed by atoms with Crippen molar-refractivity contribution in [2.24, 2.45) is 0 Å². The number of aldehydes is 1. The van der Waals surface area contributed by atoms with Crippen LogP contribution in [0.3, 0.4) is 0 Å². The quantitative estimate of drug-likeness (QED) is 0.561. The van der Waals surface area contributed by atoms with Crippen molar-refractivity contribution in [3.8, 4) is 5.75 Å². The van der Waals surface area contributed by atoms with E-state index in [1.807, 2.05) is 50.2 Å². The molecular formula is C13H17NO2. The summed E-state index contributed by atoms with van der Waals surface area (Å²) in [6, 6.07) is 7.50. The lowest BCUT2D eigenvalue weighted by Gasteiger charge is -2.08. The van der Waals surface area contributed by atoms with E-state index in [0.29, 0.717) is 12.2 Å². The highest BCUT2D eigenvalue weighted by atomic mass is 16.5. The molecule has 0 unspecified atom stereocenters. The molecule has 3 heteroatoms. The van der Waals surface area contributed by atoms with Crippen molar-refractivity contribution >= 4 is 11.9 Å². The molecule has 1 rings (SSSR count). The minimum atomic E-state index is 0.646. The fraction of sp³-hybridized carbons (Fsp3) is 0.308. The molecule has 0 bridgehead atoms. The molecule has 0 aliphatic heterocycles. The van der Waals surface area contributed by atoms with Crippen molar-refractivity contribution in [2.45, 2.75) is 6.92 Å². The lowest BCUT2D eigenvalue weighted by molar-refractivity contribution is -0.103. The van der Waals surface area contributed by atoms with E-state index in [-0.39, 0.29) is 0 Å². The molecule has 0 spiro atoms. The average Bonchev–Trinajstić information content (AvgIpc) is 2.27. The number of carbonyl (C=O) groups is 1. The maximum atomic E-state index is 10.9. The number of hydrogen-bond donors (Lipinski definition) is 0. The van der Waals surface area contributed by atoms with Gasteiger partial charge in [0.05, 0.1) is 6.61 Å². The molecule has 0 radical (unpaired) electrons. The topological polar surface area (TPSA) is 29.5 Å². The van der Waals surface area contributed by atoms with E-state index in [0.717, 1.165) is 17.6 Å². The highest BCUT2D eigenvalue weighted by Crippen LogP contribution is 2.17. The van der Waals surface area contributed by atoms with Gasteiger partial charge in [-0.3, -0.25) is 4.79 Å². The van der Waals surface area contributed by atoms with Gasteiger partial charge in [-0.25, -0.2) is 0 Å². The number of rotatable bonds is 5. The summed E-state index contributed by atoms with van der Waals surface area (Å²) in [5.74, 6) is 0.821. The number of carbonyl (C=O) groups excluding carboxylic acids is 1. The van der Waals surface area contributed by atoms with E-state index in [9.17, 15) is 4.79 Å². The lowest BCUT2D eigenvalue weighted by Crippen LogP contribution is -2.03. The first kappa shape index (κ1) is 12.3. The largest absolute Gasteiger partial charge is 0.494 e. The summed E-state index contributed by atoms with van der Waals surface area (Å²) in [6.07, 6.45) is 2.65. The van der Waals surface area contributed by atoms with Crippen LogP contribution in [0.1, 0.15) is 12.5 Å². The van der Waals surface area contributed by atoms with Gasteiger partial charge in [0, 0.05) is 25.9 Å². The van der Waals surface area contributed by atoms with E-state index < -0.39 is 0 Å². The number of ether oxygens (including phenoxy) is 1. The van der Waals surface area contributed by atoms with Crippen molar-refractivity contribution in [2.75, 3.05) is 20.7 Å². The van der Waals surface area contributed by atoms with Crippen LogP contribution < -0.4 is 4.74 Å². The second-order valence-electron chi connectivity index (χ2n) is 3.62. The predicted molar refractivity (Wildman–Crippen MR) is 65.3 cm³/mol. The Labute approximate surface area is 96.3 Å². The van der Waals surface area contributed by atoms with Crippen LogP contribution in [0.25, 0.3) is 5.57 Å². The molecule has 0 aromatic heterocycles. The number of allylic oxidation sites excluding steroid dienone is 1. The van der Waals surface area contributed by atoms with Gasteiger partial charge in [0.1, 0.15) is 5.75 Å². The summed E-state index contributed by atoms with van der Waals surface area (Å²) >= 11 is 0. The Morgan fingerprint density at radius 1 is 1.31 bits per heavy atom. The maximum absolute atomic E-state index is 10.9. The molecule has 0 heterocycles. The highest BCUT2D eigenvalue weighted by molar-refractivity contribution is 6.06. The molecule has 0 amide bonds. The standard InChI is InChI=1S/C13H17NO2/c1-4-16-13-7-5-11(6-8-13)12(10-15)9-14(2)3/h5-10H,4H2,1-3H3/b12-9+. The van der Waals surface area contributed by atoms with Gasteiger partial charge in [0.25, 0.3) is 0 Å². The van der Waals surface area contributed by atoms with Crippen LogP contribution in [0.2, 0.25) is 0 Å². The summed E-state index contributed by atoms with van der Waals surface area (Å²) in [5.41, 5.74) is 1.56. The first-order valence-electron chi connectivity index (χ1n) is 5.24. The van der Waals surface area contributed by atoms with Crippen molar-refractivity contribution in [3.05, 3.63) is 36.0 Å². The van der Waals surface area contributed by atoms with Crippen LogP contribution in [-0.2, 0) is 4.79 Å². The molecule has 0 atom stereocenters. The molecule has 0 aliphatic carbocycles. The minimum absolute atomic E-state index is 0.646. The van der Waals surface area contributed by atoms with Crippen LogP contribution in [0.15, 0.2) is 30.5 Å².